The van der Waals surface area contributed by atoms with E-state index in [0.29, 0.717) is 0 Å². The van der Waals surface area contributed by atoms with Crippen LogP contribution < -0.4 is 4.90 Å². The molecule has 0 N–H and O–H groups in total. The van der Waals surface area contributed by atoms with Gasteiger partial charge >= 0.3 is 0 Å². The second-order valence-corrected chi connectivity index (χ2v) is 10.00. The summed E-state index contributed by atoms with van der Waals surface area (Å²) in [4.78, 5) is 5.13. The quantitative estimate of drug-likeness (QED) is 0.235. The van der Waals surface area contributed by atoms with Crippen LogP contribution >= 0.6 is 11.8 Å². The first-order chi connectivity index (χ1) is 16.4. The molecular formula is C31H19NS. The zero-order valence-electron chi connectivity index (χ0n) is 17.8. The Bertz CT molecular complexity index is 1570. The van der Waals surface area contributed by atoms with Gasteiger partial charge in [0.15, 0.2) is 0 Å². The van der Waals surface area contributed by atoms with E-state index in [0.717, 1.165) is 0 Å². The summed E-state index contributed by atoms with van der Waals surface area (Å²) in [5.41, 5.74) is 11.7. The fourth-order valence-corrected chi connectivity index (χ4v) is 7.39. The summed E-state index contributed by atoms with van der Waals surface area (Å²) in [6, 6.07) is 42.7. The molecule has 3 aliphatic rings. The highest BCUT2D eigenvalue weighted by molar-refractivity contribution is 7.99. The fourth-order valence-electron chi connectivity index (χ4n) is 6.30. The van der Waals surface area contributed by atoms with Gasteiger partial charge in [0.2, 0.25) is 0 Å². The Kier molecular flexibility index (Phi) is 3.33. The van der Waals surface area contributed by atoms with Crippen LogP contribution in [-0.4, -0.2) is 0 Å². The Morgan fingerprint density at radius 3 is 1.76 bits per heavy atom. The van der Waals surface area contributed by atoms with Crippen molar-refractivity contribution >= 4 is 28.8 Å². The molecule has 0 atom stereocenters. The summed E-state index contributed by atoms with van der Waals surface area (Å²) < 4.78 is 0. The molecule has 154 valence electrons. The van der Waals surface area contributed by atoms with Gasteiger partial charge in [-0.3, -0.25) is 0 Å². The average molecular weight is 438 g/mol. The SMILES string of the molecule is c1ccc2c(c1)Sc1cccc3c1N2c1ccccc1C31c2ccccc2-c2ccccc21. The molecule has 0 fully saturated rings. The molecular weight excluding hydrogens is 418 g/mol. The van der Waals surface area contributed by atoms with Gasteiger partial charge in [-0.15, -0.1) is 0 Å². The third-order valence-corrected chi connectivity index (χ3v) is 8.57. The van der Waals surface area contributed by atoms with Gasteiger partial charge in [0.1, 0.15) is 0 Å². The van der Waals surface area contributed by atoms with E-state index >= 15 is 0 Å². The highest BCUT2D eigenvalue weighted by atomic mass is 32.2. The molecule has 33 heavy (non-hydrogen) atoms. The molecule has 2 heterocycles. The largest absolute Gasteiger partial charge is 0.308 e. The zero-order chi connectivity index (χ0) is 21.6. The molecule has 1 aliphatic carbocycles. The Hall–Kier alpha value is -3.75. The van der Waals surface area contributed by atoms with E-state index in [1.165, 1.54) is 60.2 Å². The smallest absolute Gasteiger partial charge is 0.0754 e. The molecule has 0 amide bonds. The zero-order valence-corrected chi connectivity index (χ0v) is 18.6. The van der Waals surface area contributed by atoms with Gasteiger partial charge in [-0.25, -0.2) is 0 Å². The van der Waals surface area contributed by atoms with E-state index in [2.05, 4.69) is 120 Å². The maximum atomic E-state index is 2.50. The van der Waals surface area contributed by atoms with Crippen molar-refractivity contribution in [3.63, 3.8) is 0 Å². The lowest BCUT2D eigenvalue weighted by molar-refractivity contribution is 0.746. The Morgan fingerprint density at radius 1 is 0.455 bits per heavy atom. The van der Waals surface area contributed by atoms with Crippen LogP contribution in [0.5, 0.6) is 0 Å². The minimum Gasteiger partial charge on any atom is -0.308 e. The van der Waals surface area contributed by atoms with E-state index in [9.17, 15) is 0 Å². The number of hydrogen-bond donors (Lipinski definition) is 0. The van der Waals surface area contributed by atoms with Gasteiger partial charge in [0.05, 0.1) is 22.5 Å². The molecule has 2 heteroatoms. The molecule has 5 aromatic rings. The lowest BCUT2D eigenvalue weighted by atomic mass is 9.64. The lowest BCUT2D eigenvalue weighted by Gasteiger charge is -2.47. The van der Waals surface area contributed by atoms with Crippen LogP contribution in [0.4, 0.5) is 17.1 Å². The van der Waals surface area contributed by atoms with Gasteiger partial charge in [-0.1, -0.05) is 103 Å². The third-order valence-electron chi connectivity index (χ3n) is 7.45. The monoisotopic (exact) mass is 437 g/mol. The standard InChI is InChI=1S/C31H19NS/c1-3-12-22-20(10-1)21-11-2-4-13-23(21)31(22)24-14-5-6-16-26(24)32-27-17-7-8-18-28(27)33-29-19-9-15-25(31)30(29)32/h1-19H. The van der Waals surface area contributed by atoms with Crippen LogP contribution in [0.15, 0.2) is 125 Å². The van der Waals surface area contributed by atoms with E-state index in [-0.39, 0.29) is 5.41 Å². The molecule has 0 bridgehead atoms. The first-order valence-electron chi connectivity index (χ1n) is 11.4. The minimum absolute atomic E-state index is 0.321. The molecule has 2 aliphatic heterocycles. The number of fused-ring (bicyclic) bond motifs is 11. The highest BCUT2D eigenvalue weighted by Gasteiger charge is 2.52. The predicted octanol–water partition coefficient (Wildman–Crippen LogP) is 8.30. The highest BCUT2D eigenvalue weighted by Crippen LogP contribution is 2.66. The molecule has 1 spiro atoms. The van der Waals surface area contributed by atoms with Crippen molar-refractivity contribution in [1.29, 1.82) is 0 Å². The number of nitrogens with zero attached hydrogens (tertiary/aromatic N) is 1. The summed E-state index contributed by atoms with van der Waals surface area (Å²) in [7, 11) is 0. The van der Waals surface area contributed by atoms with E-state index in [1.54, 1.807) is 0 Å². The summed E-state index contributed by atoms with van der Waals surface area (Å²) in [6.45, 7) is 0. The van der Waals surface area contributed by atoms with E-state index < -0.39 is 0 Å². The summed E-state index contributed by atoms with van der Waals surface area (Å²) >= 11 is 1.89. The fraction of sp³-hybridized carbons (Fsp3) is 0.0323. The van der Waals surface area contributed by atoms with Crippen LogP contribution in [-0.2, 0) is 5.41 Å². The lowest BCUT2D eigenvalue weighted by Crippen LogP contribution is -2.37. The molecule has 0 unspecified atom stereocenters. The number of para-hydroxylation sites is 3. The molecule has 0 aromatic heterocycles. The number of hydrogen-bond acceptors (Lipinski definition) is 2. The number of rotatable bonds is 0. The van der Waals surface area contributed by atoms with Crippen LogP contribution in [0, 0.1) is 0 Å². The van der Waals surface area contributed by atoms with Gasteiger partial charge < -0.3 is 4.90 Å². The molecule has 5 aromatic carbocycles. The van der Waals surface area contributed by atoms with Gasteiger partial charge in [0, 0.05) is 9.79 Å². The first-order valence-corrected chi connectivity index (χ1v) is 12.2. The Balaban J connectivity index is 1.59. The molecule has 1 nitrogen and oxygen atoms in total. The normalized spacial score (nSPS) is 15.3. The van der Waals surface area contributed by atoms with Crippen molar-refractivity contribution in [1.82, 2.24) is 0 Å². The van der Waals surface area contributed by atoms with Crippen molar-refractivity contribution < 1.29 is 0 Å². The maximum absolute atomic E-state index is 2.50. The minimum atomic E-state index is -0.321. The van der Waals surface area contributed by atoms with E-state index in [1.807, 2.05) is 11.8 Å². The van der Waals surface area contributed by atoms with Crippen LogP contribution in [0.25, 0.3) is 11.1 Å². The van der Waals surface area contributed by atoms with Crippen molar-refractivity contribution in [3.8, 4) is 11.1 Å². The average Bonchev–Trinajstić information content (AvgIpc) is 3.18. The predicted molar refractivity (Wildman–Crippen MR) is 136 cm³/mol. The third kappa shape index (κ3) is 2.02. The van der Waals surface area contributed by atoms with E-state index in [4.69, 9.17) is 0 Å². The van der Waals surface area contributed by atoms with Crippen molar-refractivity contribution in [2.45, 2.75) is 15.2 Å². The summed E-state index contributed by atoms with van der Waals surface area (Å²) in [5.74, 6) is 0. The first kappa shape index (κ1) is 17.8. The van der Waals surface area contributed by atoms with Gasteiger partial charge in [-0.2, -0.15) is 0 Å². The van der Waals surface area contributed by atoms with Crippen molar-refractivity contribution in [3.05, 3.63) is 138 Å². The summed E-state index contributed by atoms with van der Waals surface area (Å²) in [5, 5.41) is 0. The molecule has 0 radical (unpaired) electrons. The van der Waals surface area contributed by atoms with Gasteiger partial charge in [-0.05, 0) is 57.6 Å². The Morgan fingerprint density at radius 2 is 1.00 bits per heavy atom. The number of anilines is 3. The second kappa shape index (κ2) is 6.18. The van der Waals surface area contributed by atoms with Crippen LogP contribution in [0.3, 0.4) is 0 Å². The van der Waals surface area contributed by atoms with Gasteiger partial charge in [0.25, 0.3) is 0 Å². The van der Waals surface area contributed by atoms with Crippen molar-refractivity contribution in [2.75, 3.05) is 4.90 Å². The summed E-state index contributed by atoms with van der Waals surface area (Å²) in [6.07, 6.45) is 0. The van der Waals surface area contributed by atoms with Crippen LogP contribution in [0.1, 0.15) is 22.3 Å². The Labute approximate surface area is 197 Å². The second-order valence-electron chi connectivity index (χ2n) is 8.92. The molecule has 0 saturated heterocycles. The van der Waals surface area contributed by atoms with Crippen molar-refractivity contribution in [2.24, 2.45) is 0 Å². The maximum Gasteiger partial charge on any atom is 0.0754 e. The van der Waals surface area contributed by atoms with Crippen LogP contribution in [0.2, 0.25) is 0 Å². The molecule has 0 saturated carbocycles. The molecule has 8 rings (SSSR count). The number of benzene rings is 5. The topological polar surface area (TPSA) is 3.24 Å².